The van der Waals surface area contributed by atoms with Crippen molar-refractivity contribution in [2.45, 2.75) is 97.7 Å². The molecule has 2 heterocycles. The highest BCUT2D eigenvalue weighted by Gasteiger charge is 2.47. The van der Waals surface area contributed by atoms with Crippen molar-refractivity contribution < 1.29 is 23.7 Å². The van der Waals surface area contributed by atoms with E-state index >= 15 is 0 Å². The zero-order valence-corrected chi connectivity index (χ0v) is 22.0. The van der Waals surface area contributed by atoms with E-state index < -0.39 is 6.29 Å². The fourth-order valence-electron chi connectivity index (χ4n) is 5.22. The van der Waals surface area contributed by atoms with Crippen LogP contribution in [0.5, 0.6) is 0 Å². The molecule has 2 fully saturated rings. The van der Waals surface area contributed by atoms with E-state index in [1.54, 1.807) is 0 Å². The number of hydrogen-bond acceptors (Lipinski definition) is 5. The van der Waals surface area contributed by atoms with Gasteiger partial charge in [-0.2, -0.15) is 0 Å². The van der Waals surface area contributed by atoms with Gasteiger partial charge in [0.1, 0.15) is 12.2 Å². The molecule has 2 aromatic carbocycles. The SMILES string of the molecule is CC1OC(OC2C(C)C(C)OC(C)C2OCc2ccccc2)C(OCc2ccccc2)C(C)C1C. The maximum Gasteiger partial charge on any atom is 0.184 e. The molecule has 0 amide bonds. The zero-order chi connectivity index (χ0) is 24.9. The molecule has 5 nitrogen and oxygen atoms in total. The van der Waals surface area contributed by atoms with E-state index in [1.807, 2.05) is 36.4 Å². The lowest BCUT2D eigenvalue weighted by atomic mass is 9.83. The highest BCUT2D eigenvalue weighted by atomic mass is 16.7. The van der Waals surface area contributed by atoms with E-state index in [4.69, 9.17) is 23.7 Å². The Labute approximate surface area is 211 Å². The van der Waals surface area contributed by atoms with Gasteiger partial charge >= 0.3 is 0 Å². The first kappa shape index (κ1) is 26.3. The molecule has 0 aliphatic carbocycles. The predicted molar refractivity (Wildman–Crippen MR) is 137 cm³/mol. The van der Waals surface area contributed by atoms with Crippen LogP contribution in [0.15, 0.2) is 60.7 Å². The highest BCUT2D eigenvalue weighted by Crippen LogP contribution is 2.37. The van der Waals surface area contributed by atoms with E-state index in [0.29, 0.717) is 25.0 Å². The summed E-state index contributed by atoms with van der Waals surface area (Å²) in [5.41, 5.74) is 2.29. The third-order valence-corrected chi connectivity index (χ3v) is 8.04. The molecular formula is C30H42O5. The standard InChI is InChI=1S/C30H42O5/c1-19-20(2)28(31-17-25-13-9-7-10-14-25)30(34-22(19)4)35-27-21(3)23(5)33-24(6)29(27)32-18-26-15-11-8-12-16-26/h7-16,19-24,27-30H,17-18H2,1-6H3. The highest BCUT2D eigenvalue weighted by molar-refractivity contribution is 5.14. The second kappa shape index (κ2) is 12.0. The first-order chi connectivity index (χ1) is 16.8. The van der Waals surface area contributed by atoms with Crippen LogP contribution in [0.3, 0.4) is 0 Å². The van der Waals surface area contributed by atoms with Crippen LogP contribution in [0, 0.1) is 17.8 Å². The summed E-state index contributed by atoms with van der Waals surface area (Å²) >= 11 is 0. The van der Waals surface area contributed by atoms with Gasteiger partial charge < -0.3 is 23.7 Å². The summed E-state index contributed by atoms with van der Waals surface area (Å²) in [5, 5.41) is 0. The lowest BCUT2D eigenvalue weighted by Crippen LogP contribution is -2.58. The maximum absolute atomic E-state index is 6.82. The smallest absolute Gasteiger partial charge is 0.184 e. The van der Waals surface area contributed by atoms with Crippen LogP contribution in [0.4, 0.5) is 0 Å². The lowest BCUT2D eigenvalue weighted by molar-refractivity contribution is -0.325. The number of ether oxygens (including phenoxy) is 5. The molecule has 10 atom stereocenters. The van der Waals surface area contributed by atoms with Crippen molar-refractivity contribution in [3.63, 3.8) is 0 Å². The van der Waals surface area contributed by atoms with Crippen molar-refractivity contribution in [1.29, 1.82) is 0 Å². The molecule has 192 valence electrons. The van der Waals surface area contributed by atoms with Gasteiger partial charge in [0.15, 0.2) is 6.29 Å². The number of rotatable bonds is 8. The van der Waals surface area contributed by atoms with E-state index in [9.17, 15) is 0 Å². The number of hydrogen-bond donors (Lipinski definition) is 0. The minimum atomic E-state index is -0.465. The fourth-order valence-corrected chi connectivity index (χ4v) is 5.22. The van der Waals surface area contributed by atoms with E-state index in [1.165, 1.54) is 0 Å². The second-order valence-electron chi connectivity index (χ2n) is 10.5. The molecule has 0 N–H and O–H groups in total. The minimum absolute atomic E-state index is 0.0626. The molecule has 2 aliphatic heterocycles. The van der Waals surface area contributed by atoms with Gasteiger partial charge in [-0.15, -0.1) is 0 Å². The molecule has 5 heteroatoms. The third kappa shape index (κ3) is 6.33. The van der Waals surface area contributed by atoms with E-state index in [2.05, 4.69) is 65.8 Å². The Bertz CT molecular complexity index is 890. The monoisotopic (exact) mass is 482 g/mol. The summed E-state index contributed by atoms with van der Waals surface area (Å²) in [6, 6.07) is 20.5. The Morgan fingerprint density at radius 1 is 0.543 bits per heavy atom. The summed E-state index contributed by atoms with van der Waals surface area (Å²) in [7, 11) is 0. The second-order valence-corrected chi connectivity index (χ2v) is 10.5. The Hall–Kier alpha value is -1.76. The van der Waals surface area contributed by atoms with Crippen LogP contribution >= 0.6 is 0 Å². The van der Waals surface area contributed by atoms with Crippen molar-refractivity contribution in [3.8, 4) is 0 Å². The summed E-state index contributed by atoms with van der Waals surface area (Å²) in [6.07, 6.45) is -0.948. The van der Waals surface area contributed by atoms with Gasteiger partial charge in [-0.3, -0.25) is 0 Å². The molecule has 35 heavy (non-hydrogen) atoms. The molecule has 0 radical (unpaired) electrons. The zero-order valence-electron chi connectivity index (χ0n) is 22.0. The van der Waals surface area contributed by atoms with Gasteiger partial charge in [0.05, 0.1) is 37.6 Å². The van der Waals surface area contributed by atoms with Crippen molar-refractivity contribution in [3.05, 3.63) is 71.8 Å². The van der Waals surface area contributed by atoms with Crippen molar-refractivity contribution >= 4 is 0 Å². The van der Waals surface area contributed by atoms with Gasteiger partial charge in [-0.05, 0) is 43.7 Å². The Morgan fingerprint density at radius 3 is 1.63 bits per heavy atom. The Morgan fingerprint density at radius 2 is 1.06 bits per heavy atom. The van der Waals surface area contributed by atoms with Crippen LogP contribution in [-0.4, -0.2) is 42.9 Å². The molecule has 4 rings (SSSR count). The van der Waals surface area contributed by atoms with Crippen LogP contribution in [0.2, 0.25) is 0 Å². The Balaban J connectivity index is 1.51. The summed E-state index contributed by atoms with van der Waals surface area (Å²) in [4.78, 5) is 0. The molecular weight excluding hydrogens is 440 g/mol. The third-order valence-electron chi connectivity index (χ3n) is 8.04. The normalized spacial score (nSPS) is 37.8. The van der Waals surface area contributed by atoms with E-state index in [-0.39, 0.29) is 42.5 Å². The topological polar surface area (TPSA) is 46.2 Å². The molecule has 2 saturated heterocycles. The molecule has 0 spiro atoms. The summed E-state index contributed by atoms with van der Waals surface area (Å²) in [5.74, 6) is 0.808. The molecule has 2 aliphatic rings. The largest absolute Gasteiger partial charge is 0.372 e. The van der Waals surface area contributed by atoms with Crippen LogP contribution in [0.25, 0.3) is 0 Å². The predicted octanol–water partition coefficient (Wildman–Crippen LogP) is 6.00. The molecule has 0 bridgehead atoms. The van der Waals surface area contributed by atoms with Gasteiger partial charge in [0.25, 0.3) is 0 Å². The lowest BCUT2D eigenvalue weighted by Gasteiger charge is -2.48. The average Bonchev–Trinajstić information content (AvgIpc) is 2.86. The molecule has 0 aromatic heterocycles. The number of benzene rings is 2. The van der Waals surface area contributed by atoms with Gasteiger partial charge in [0.2, 0.25) is 0 Å². The van der Waals surface area contributed by atoms with Crippen LogP contribution in [0.1, 0.15) is 52.7 Å². The summed E-state index contributed by atoms with van der Waals surface area (Å²) < 4.78 is 32.4. The van der Waals surface area contributed by atoms with Gasteiger partial charge in [-0.1, -0.05) is 81.4 Å². The maximum atomic E-state index is 6.82. The van der Waals surface area contributed by atoms with Crippen LogP contribution in [-0.2, 0) is 36.9 Å². The Kier molecular flexibility index (Phi) is 9.01. The quantitative estimate of drug-likeness (QED) is 0.462. The fraction of sp³-hybridized carbons (Fsp3) is 0.600. The van der Waals surface area contributed by atoms with Crippen LogP contribution < -0.4 is 0 Å². The minimum Gasteiger partial charge on any atom is -0.372 e. The molecule has 2 aromatic rings. The van der Waals surface area contributed by atoms with Crippen molar-refractivity contribution in [2.24, 2.45) is 17.8 Å². The molecule has 0 saturated carbocycles. The average molecular weight is 483 g/mol. The first-order valence-electron chi connectivity index (χ1n) is 13.1. The van der Waals surface area contributed by atoms with Crippen molar-refractivity contribution in [1.82, 2.24) is 0 Å². The van der Waals surface area contributed by atoms with Gasteiger partial charge in [0, 0.05) is 5.92 Å². The van der Waals surface area contributed by atoms with Gasteiger partial charge in [-0.25, -0.2) is 0 Å². The molecule has 10 unspecified atom stereocenters. The summed E-state index contributed by atoms with van der Waals surface area (Å²) in [6.45, 7) is 14.0. The first-order valence-corrected chi connectivity index (χ1v) is 13.1. The van der Waals surface area contributed by atoms with Crippen molar-refractivity contribution in [2.75, 3.05) is 0 Å². The van der Waals surface area contributed by atoms with E-state index in [0.717, 1.165) is 11.1 Å².